The summed E-state index contributed by atoms with van der Waals surface area (Å²) in [5.74, 6) is -0.447. The van der Waals surface area contributed by atoms with Gasteiger partial charge in [-0.2, -0.15) is 4.98 Å². The zero-order valence-electron chi connectivity index (χ0n) is 9.58. The molecule has 1 fully saturated rings. The van der Waals surface area contributed by atoms with Gasteiger partial charge in [-0.25, -0.2) is 4.79 Å². The normalized spacial score (nSPS) is 16.9. The molecule has 0 spiro atoms. The second-order valence-corrected chi connectivity index (χ2v) is 4.42. The van der Waals surface area contributed by atoms with Crippen LogP contribution < -0.4 is 5.32 Å². The standard InChI is InChI=1S/C11H16N2O3/c1-3-15-9(14)8-6-16-10(13-8)12-7-11(2)4-5-11/h6H,3-5,7H2,1-2H3,(H,12,13). The molecule has 5 heteroatoms. The maximum Gasteiger partial charge on any atom is 0.360 e. The SMILES string of the molecule is CCOC(=O)c1coc(NCC2(C)CC2)n1. The van der Waals surface area contributed by atoms with Gasteiger partial charge in [0.25, 0.3) is 6.01 Å². The summed E-state index contributed by atoms with van der Waals surface area (Å²) in [4.78, 5) is 15.3. The van der Waals surface area contributed by atoms with E-state index in [4.69, 9.17) is 9.15 Å². The fourth-order valence-electron chi connectivity index (χ4n) is 1.33. The molecule has 1 aliphatic rings. The quantitative estimate of drug-likeness (QED) is 0.775. The number of oxazole rings is 1. The Labute approximate surface area is 94.2 Å². The van der Waals surface area contributed by atoms with Crippen molar-refractivity contribution in [3.63, 3.8) is 0 Å². The summed E-state index contributed by atoms with van der Waals surface area (Å²) in [6, 6.07) is 0.385. The molecule has 16 heavy (non-hydrogen) atoms. The van der Waals surface area contributed by atoms with Crippen molar-refractivity contribution < 1.29 is 13.9 Å². The number of carbonyl (C=O) groups is 1. The number of hydrogen-bond acceptors (Lipinski definition) is 5. The van der Waals surface area contributed by atoms with Crippen molar-refractivity contribution in [1.82, 2.24) is 4.98 Å². The van der Waals surface area contributed by atoms with E-state index in [-0.39, 0.29) is 5.69 Å². The molecule has 0 atom stereocenters. The van der Waals surface area contributed by atoms with Crippen LogP contribution in [0.25, 0.3) is 0 Å². The summed E-state index contributed by atoms with van der Waals surface area (Å²) >= 11 is 0. The van der Waals surface area contributed by atoms with Gasteiger partial charge in [0, 0.05) is 6.54 Å². The van der Waals surface area contributed by atoms with Gasteiger partial charge in [0.05, 0.1) is 6.61 Å². The highest BCUT2D eigenvalue weighted by Crippen LogP contribution is 2.44. The van der Waals surface area contributed by atoms with Gasteiger partial charge >= 0.3 is 5.97 Å². The minimum absolute atomic E-state index is 0.213. The molecule has 0 unspecified atom stereocenters. The second-order valence-electron chi connectivity index (χ2n) is 4.42. The Morgan fingerprint density at radius 2 is 2.44 bits per heavy atom. The molecule has 88 valence electrons. The summed E-state index contributed by atoms with van der Waals surface area (Å²) in [7, 11) is 0. The third kappa shape index (κ3) is 2.53. The fraction of sp³-hybridized carbons (Fsp3) is 0.636. The summed E-state index contributed by atoms with van der Waals surface area (Å²) < 4.78 is 9.94. The fourth-order valence-corrected chi connectivity index (χ4v) is 1.33. The lowest BCUT2D eigenvalue weighted by Gasteiger charge is -2.06. The number of ether oxygens (including phenoxy) is 1. The molecular weight excluding hydrogens is 208 g/mol. The Morgan fingerprint density at radius 1 is 1.69 bits per heavy atom. The van der Waals surface area contributed by atoms with Gasteiger partial charge in [-0.05, 0) is 25.2 Å². The Hall–Kier alpha value is -1.52. The monoisotopic (exact) mass is 224 g/mol. The van der Waals surface area contributed by atoms with E-state index in [0.29, 0.717) is 18.0 Å². The third-order valence-electron chi connectivity index (χ3n) is 2.76. The Bertz CT molecular complexity index is 382. The molecule has 1 saturated carbocycles. The second kappa shape index (κ2) is 4.15. The van der Waals surface area contributed by atoms with E-state index in [1.165, 1.54) is 19.1 Å². The summed E-state index contributed by atoms with van der Waals surface area (Å²) in [5, 5.41) is 3.08. The van der Waals surface area contributed by atoms with Crippen LogP contribution in [0.2, 0.25) is 0 Å². The van der Waals surface area contributed by atoms with Crippen molar-refractivity contribution in [2.45, 2.75) is 26.7 Å². The van der Waals surface area contributed by atoms with Gasteiger partial charge in [0.2, 0.25) is 0 Å². The highest BCUT2D eigenvalue weighted by atomic mass is 16.5. The average molecular weight is 224 g/mol. The maximum atomic E-state index is 11.3. The van der Waals surface area contributed by atoms with Crippen LogP contribution in [0.5, 0.6) is 0 Å². The zero-order valence-corrected chi connectivity index (χ0v) is 9.58. The molecule has 1 heterocycles. The van der Waals surface area contributed by atoms with Crippen molar-refractivity contribution in [1.29, 1.82) is 0 Å². The first-order chi connectivity index (χ1) is 7.63. The van der Waals surface area contributed by atoms with Crippen molar-refractivity contribution in [2.75, 3.05) is 18.5 Å². The van der Waals surface area contributed by atoms with E-state index in [1.807, 2.05) is 0 Å². The van der Waals surface area contributed by atoms with Crippen LogP contribution >= 0.6 is 0 Å². The van der Waals surface area contributed by atoms with E-state index in [0.717, 1.165) is 6.54 Å². The molecule has 0 bridgehead atoms. The topological polar surface area (TPSA) is 64.4 Å². The van der Waals surface area contributed by atoms with Gasteiger partial charge in [-0.1, -0.05) is 6.92 Å². The van der Waals surface area contributed by atoms with E-state index < -0.39 is 5.97 Å². The first kappa shape index (κ1) is 11.0. The predicted octanol–water partition coefficient (Wildman–Crippen LogP) is 2.06. The van der Waals surface area contributed by atoms with Crippen LogP contribution in [0.3, 0.4) is 0 Å². The zero-order chi connectivity index (χ0) is 11.6. The van der Waals surface area contributed by atoms with Crippen molar-refractivity contribution in [2.24, 2.45) is 5.41 Å². The lowest BCUT2D eigenvalue weighted by atomic mass is 10.1. The number of aromatic nitrogens is 1. The van der Waals surface area contributed by atoms with Gasteiger partial charge < -0.3 is 14.5 Å². The lowest BCUT2D eigenvalue weighted by Crippen LogP contribution is -2.12. The van der Waals surface area contributed by atoms with Crippen molar-refractivity contribution in [3.05, 3.63) is 12.0 Å². The van der Waals surface area contributed by atoms with Crippen LogP contribution in [-0.4, -0.2) is 24.1 Å². The molecule has 2 rings (SSSR count). The Morgan fingerprint density at radius 3 is 3.06 bits per heavy atom. The average Bonchev–Trinajstić information content (AvgIpc) is 2.82. The number of nitrogens with zero attached hydrogens (tertiary/aromatic N) is 1. The van der Waals surface area contributed by atoms with Crippen molar-refractivity contribution >= 4 is 12.0 Å². The molecule has 0 amide bonds. The highest BCUT2D eigenvalue weighted by molar-refractivity contribution is 5.87. The van der Waals surface area contributed by atoms with E-state index in [2.05, 4.69) is 17.2 Å². The first-order valence-electron chi connectivity index (χ1n) is 5.49. The van der Waals surface area contributed by atoms with E-state index in [9.17, 15) is 4.79 Å². The molecule has 1 aromatic rings. The van der Waals surface area contributed by atoms with Crippen LogP contribution in [0.15, 0.2) is 10.7 Å². The summed E-state index contributed by atoms with van der Waals surface area (Å²) in [6.07, 6.45) is 3.77. The first-order valence-corrected chi connectivity index (χ1v) is 5.49. The molecule has 1 aliphatic carbocycles. The van der Waals surface area contributed by atoms with Gasteiger partial charge in [-0.15, -0.1) is 0 Å². The van der Waals surface area contributed by atoms with Crippen LogP contribution in [0, 0.1) is 5.41 Å². The number of hydrogen-bond donors (Lipinski definition) is 1. The molecule has 1 N–H and O–H groups in total. The molecule has 1 aromatic heterocycles. The molecule has 0 saturated heterocycles. The third-order valence-corrected chi connectivity index (χ3v) is 2.76. The number of esters is 1. The van der Waals surface area contributed by atoms with E-state index in [1.54, 1.807) is 6.92 Å². The molecule has 0 aliphatic heterocycles. The van der Waals surface area contributed by atoms with Gasteiger partial charge in [-0.3, -0.25) is 0 Å². The minimum Gasteiger partial charge on any atom is -0.461 e. The largest absolute Gasteiger partial charge is 0.461 e. The van der Waals surface area contributed by atoms with Crippen LogP contribution in [0.1, 0.15) is 37.2 Å². The predicted molar refractivity (Wildman–Crippen MR) is 58.3 cm³/mol. The minimum atomic E-state index is -0.447. The Kier molecular flexibility index (Phi) is 2.85. The number of rotatable bonds is 5. The number of anilines is 1. The van der Waals surface area contributed by atoms with Crippen LogP contribution in [-0.2, 0) is 4.74 Å². The van der Waals surface area contributed by atoms with E-state index >= 15 is 0 Å². The number of nitrogens with one attached hydrogen (secondary N) is 1. The van der Waals surface area contributed by atoms with Gasteiger partial charge in [0.1, 0.15) is 6.26 Å². The molecular formula is C11H16N2O3. The van der Waals surface area contributed by atoms with Crippen LogP contribution in [0.4, 0.5) is 6.01 Å². The maximum absolute atomic E-state index is 11.3. The molecule has 0 aromatic carbocycles. The smallest absolute Gasteiger partial charge is 0.360 e. The summed E-state index contributed by atoms with van der Waals surface area (Å²) in [5.41, 5.74) is 0.587. The number of carbonyl (C=O) groups excluding carboxylic acids is 1. The molecule has 5 nitrogen and oxygen atoms in total. The molecule has 0 radical (unpaired) electrons. The van der Waals surface area contributed by atoms with Gasteiger partial charge in [0.15, 0.2) is 5.69 Å². The van der Waals surface area contributed by atoms with Crippen molar-refractivity contribution in [3.8, 4) is 0 Å². The lowest BCUT2D eigenvalue weighted by molar-refractivity contribution is 0.0519. The summed E-state index contributed by atoms with van der Waals surface area (Å²) in [6.45, 7) is 5.13. The Balaban J connectivity index is 1.89. The highest BCUT2D eigenvalue weighted by Gasteiger charge is 2.37.